The van der Waals surface area contributed by atoms with Crippen molar-refractivity contribution in [2.75, 3.05) is 7.11 Å². The van der Waals surface area contributed by atoms with Gasteiger partial charge >= 0.3 is 5.97 Å². The molecule has 17 heavy (non-hydrogen) atoms. The van der Waals surface area contributed by atoms with E-state index in [2.05, 4.69) is 19.8 Å². The van der Waals surface area contributed by atoms with Crippen molar-refractivity contribution in [2.24, 2.45) is 0 Å². The molecule has 0 aliphatic heterocycles. The number of esters is 1. The highest BCUT2D eigenvalue weighted by atomic mass is 16.5. The second kappa shape index (κ2) is 4.73. The molecule has 2 aromatic rings. The zero-order valence-electron chi connectivity index (χ0n) is 9.62. The molecular formula is C11H12N4O2. The SMILES string of the molecule is COC(=O)c1ncn(Cc2ccc(C)nc2)n1. The number of nitrogens with zero attached hydrogens (tertiary/aromatic N) is 4. The molecule has 0 spiro atoms. The summed E-state index contributed by atoms with van der Waals surface area (Å²) in [7, 11) is 1.30. The van der Waals surface area contributed by atoms with Crippen LogP contribution in [0.3, 0.4) is 0 Å². The van der Waals surface area contributed by atoms with Crippen LogP contribution in [0.5, 0.6) is 0 Å². The van der Waals surface area contributed by atoms with E-state index in [4.69, 9.17) is 0 Å². The lowest BCUT2D eigenvalue weighted by Crippen LogP contribution is -2.06. The first-order valence-corrected chi connectivity index (χ1v) is 5.08. The Morgan fingerprint density at radius 2 is 2.24 bits per heavy atom. The van der Waals surface area contributed by atoms with E-state index in [1.807, 2.05) is 19.1 Å². The fourth-order valence-corrected chi connectivity index (χ4v) is 1.33. The molecule has 0 saturated heterocycles. The highest BCUT2D eigenvalue weighted by molar-refractivity contribution is 5.84. The summed E-state index contributed by atoms with van der Waals surface area (Å²) in [6.45, 7) is 2.45. The van der Waals surface area contributed by atoms with E-state index in [1.165, 1.54) is 13.4 Å². The molecule has 6 heteroatoms. The van der Waals surface area contributed by atoms with Gasteiger partial charge in [0.15, 0.2) is 0 Å². The van der Waals surface area contributed by atoms with Crippen molar-refractivity contribution < 1.29 is 9.53 Å². The molecule has 88 valence electrons. The minimum Gasteiger partial charge on any atom is -0.463 e. The zero-order chi connectivity index (χ0) is 12.3. The van der Waals surface area contributed by atoms with E-state index >= 15 is 0 Å². The molecule has 0 radical (unpaired) electrons. The third-order valence-corrected chi connectivity index (χ3v) is 2.22. The molecule has 0 fully saturated rings. The van der Waals surface area contributed by atoms with E-state index in [0.29, 0.717) is 6.54 Å². The van der Waals surface area contributed by atoms with Crippen LogP contribution in [-0.2, 0) is 11.3 Å². The number of pyridine rings is 1. The molecule has 0 amide bonds. The van der Waals surface area contributed by atoms with Crippen LogP contribution in [0.2, 0.25) is 0 Å². The Morgan fingerprint density at radius 1 is 1.41 bits per heavy atom. The standard InChI is InChI=1S/C11H12N4O2/c1-8-3-4-9(5-12-8)6-15-7-13-10(14-15)11(16)17-2/h3-5,7H,6H2,1-2H3. The Balaban J connectivity index is 2.11. The third-order valence-electron chi connectivity index (χ3n) is 2.22. The maximum absolute atomic E-state index is 11.2. The van der Waals surface area contributed by atoms with Crippen molar-refractivity contribution in [1.82, 2.24) is 19.7 Å². The highest BCUT2D eigenvalue weighted by Gasteiger charge is 2.11. The molecule has 0 saturated carbocycles. The Bertz CT molecular complexity index is 519. The Kier molecular flexibility index (Phi) is 3.13. The molecule has 0 atom stereocenters. The third kappa shape index (κ3) is 2.66. The van der Waals surface area contributed by atoms with Crippen LogP contribution >= 0.6 is 0 Å². The number of carbonyl (C=O) groups excluding carboxylic acids is 1. The van der Waals surface area contributed by atoms with Crippen LogP contribution in [0.15, 0.2) is 24.7 Å². The second-order valence-corrected chi connectivity index (χ2v) is 3.57. The Labute approximate surface area is 98.3 Å². The fraction of sp³-hybridized carbons (Fsp3) is 0.273. The summed E-state index contributed by atoms with van der Waals surface area (Å²) in [5.41, 5.74) is 1.96. The summed E-state index contributed by atoms with van der Waals surface area (Å²) < 4.78 is 6.09. The fourth-order valence-electron chi connectivity index (χ4n) is 1.33. The van der Waals surface area contributed by atoms with E-state index in [0.717, 1.165) is 11.3 Å². The predicted molar refractivity (Wildman–Crippen MR) is 59.4 cm³/mol. The molecule has 0 bridgehead atoms. The van der Waals surface area contributed by atoms with Crippen LogP contribution in [0.4, 0.5) is 0 Å². The van der Waals surface area contributed by atoms with Gasteiger partial charge in [-0.2, -0.15) is 0 Å². The maximum Gasteiger partial charge on any atom is 0.377 e. The molecule has 0 aromatic carbocycles. The summed E-state index contributed by atoms with van der Waals surface area (Å²) in [4.78, 5) is 19.2. The average molecular weight is 232 g/mol. The average Bonchev–Trinajstić information content (AvgIpc) is 2.80. The normalized spacial score (nSPS) is 10.2. The van der Waals surface area contributed by atoms with Gasteiger partial charge in [0.1, 0.15) is 6.33 Å². The van der Waals surface area contributed by atoms with Crippen molar-refractivity contribution in [3.8, 4) is 0 Å². The first-order chi connectivity index (χ1) is 8.19. The van der Waals surface area contributed by atoms with Gasteiger partial charge in [0.25, 0.3) is 5.82 Å². The monoisotopic (exact) mass is 232 g/mol. The van der Waals surface area contributed by atoms with Gasteiger partial charge in [0.05, 0.1) is 13.7 Å². The Hall–Kier alpha value is -2.24. The molecule has 2 rings (SSSR count). The van der Waals surface area contributed by atoms with Crippen molar-refractivity contribution in [1.29, 1.82) is 0 Å². The van der Waals surface area contributed by atoms with Gasteiger partial charge < -0.3 is 4.74 Å². The lowest BCUT2D eigenvalue weighted by Gasteiger charge is -2.00. The Morgan fingerprint density at radius 3 is 2.88 bits per heavy atom. The number of hydrogen-bond donors (Lipinski definition) is 0. The van der Waals surface area contributed by atoms with Crippen LogP contribution in [0.1, 0.15) is 21.9 Å². The molecule has 0 aliphatic carbocycles. The minimum absolute atomic E-state index is 0.0626. The van der Waals surface area contributed by atoms with E-state index < -0.39 is 5.97 Å². The quantitative estimate of drug-likeness (QED) is 0.732. The highest BCUT2D eigenvalue weighted by Crippen LogP contribution is 2.02. The maximum atomic E-state index is 11.2. The van der Waals surface area contributed by atoms with Crippen LogP contribution in [0, 0.1) is 6.92 Å². The number of ether oxygens (including phenoxy) is 1. The zero-order valence-corrected chi connectivity index (χ0v) is 9.62. The first-order valence-electron chi connectivity index (χ1n) is 5.08. The number of hydrogen-bond acceptors (Lipinski definition) is 5. The van der Waals surface area contributed by atoms with Crippen LogP contribution in [-0.4, -0.2) is 32.8 Å². The smallest absolute Gasteiger partial charge is 0.377 e. The summed E-state index contributed by atoms with van der Waals surface area (Å²) in [6, 6.07) is 3.88. The largest absolute Gasteiger partial charge is 0.463 e. The summed E-state index contributed by atoms with van der Waals surface area (Å²) in [6.07, 6.45) is 3.26. The lowest BCUT2D eigenvalue weighted by molar-refractivity contribution is 0.0586. The van der Waals surface area contributed by atoms with E-state index in [-0.39, 0.29) is 5.82 Å². The van der Waals surface area contributed by atoms with Crippen molar-refractivity contribution >= 4 is 5.97 Å². The van der Waals surface area contributed by atoms with Gasteiger partial charge in [-0.15, -0.1) is 5.10 Å². The molecule has 2 heterocycles. The molecule has 0 N–H and O–H groups in total. The van der Waals surface area contributed by atoms with Crippen molar-refractivity contribution in [3.05, 3.63) is 41.7 Å². The van der Waals surface area contributed by atoms with E-state index in [9.17, 15) is 4.79 Å². The summed E-state index contributed by atoms with van der Waals surface area (Å²) in [5, 5.41) is 4.00. The second-order valence-electron chi connectivity index (χ2n) is 3.57. The van der Waals surface area contributed by atoms with Crippen LogP contribution < -0.4 is 0 Å². The molecule has 0 unspecified atom stereocenters. The van der Waals surface area contributed by atoms with Crippen molar-refractivity contribution in [3.63, 3.8) is 0 Å². The summed E-state index contributed by atoms with van der Waals surface area (Å²) >= 11 is 0. The molecular weight excluding hydrogens is 220 g/mol. The van der Waals surface area contributed by atoms with Gasteiger partial charge in [-0.25, -0.2) is 14.5 Å². The molecule has 6 nitrogen and oxygen atoms in total. The first kappa shape index (κ1) is 11.3. The van der Waals surface area contributed by atoms with Gasteiger partial charge in [-0.05, 0) is 18.6 Å². The lowest BCUT2D eigenvalue weighted by atomic mass is 10.2. The predicted octanol–water partition coefficient (Wildman–Crippen LogP) is 0.816. The topological polar surface area (TPSA) is 69.9 Å². The number of aryl methyl sites for hydroxylation is 1. The van der Waals surface area contributed by atoms with Crippen molar-refractivity contribution in [2.45, 2.75) is 13.5 Å². The number of methoxy groups -OCH3 is 1. The summed E-state index contributed by atoms with van der Waals surface area (Å²) in [5.74, 6) is -0.474. The van der Waals surface area contributed by atoms with Gasteiger partial charge in [-0.1, -0.05) is 6.07 Å². The minimum atomic E-state index is -0.536. The van der Waals surface area contributed by atoms with Gasteiger partial charge in [-0.3, -0.25) is 4.98 Å². The number of aromatic nitrogens is 4. The van der Waals surface area contributed by atoms with Crippen LogP contribution in [0.25, 0.3) is 0 Å². The number of rotatable bonds is 3. The van der Waals surface area contributed by atoms with Gasteiger partial charge in [0, 0.05) is 11.9 Å². The molecule has 2 aromatic heterocycles. The molecule has 0 aliphatic rings. The number of carbonyl (C=O) groups is 1. The van der Waals surface area contributed by atoms with Gasteiger partial charge in [0.2, 0.25) is 0 Å². The van der Waals surface area contributed by atoms with E-state index in [1.54, 1.807) is 10.9 Å².